The van der Waals surface area contributed by atoms with Gasteiger partial charge in [0.25, 0.3) is 0 Å². The quantitative estimate of drug-likeness (QED) is 0.611. The van der Waals surface area contributed by atoms with Gasteiger partial charge in [0.1, 0.15) is 5.60 Å². The van der Waals surface area contributed by atoms with Gasteiger partial charge >= 0.3 is 6.09 Å². The number of ether oxygens (including phenoxy) is 1. The van der Waals surface area contributed by atoms with Crippen LogP contribution in [0, 0.1) is 0 Å². The first-order valence-corrected chi connectivity index (χ1v) is 5.39. The number of hydrazine groups is 1. The lowest BCUT2D eigenvalue weighted by Gasteiger charge is -2.26. The second-order valence-electron chi connectivity index (χ2n) is 4.63. The van der Waals surface area contributed by atoms with Crippen LogP contribution in [-0.2, 0) is 4.74 Å². The number of anilines is 2. The van der Waals surface area contributed by atoms with Gasteiger partial charge in [-0.1, -0.05) is 0 Å². The number of hydrogen-bond donors (Lipinski definition) is 2. The number of carbonyl (C=O) groups is 1. The van der Waals surface area contributed by atoms with Crippen molar-refractivity contribution in [3.8, 4) is 0 Å². The van der Waals surface area contributed by atoms with Crippen LogP contribution in [-0.4, -0.2) is 18.7 Å². The molecule has 0 saturated carbocycles. The predicted octanol–water partition coefficient (Wildman–Crippen LogP) is 2.14. The number of nitrogens with two attached hydrogens (primary N) is 1. The van der Waals surface area contributed by atoms with Crippen LogP contribution in [0.15, 0.2) is 24.3 Å². The van der Waals surface area contributed by atoms with Crippen LogP contribution in [0.25, 0.3) is 0 Å². The Labute approximate surface area is 102 Å². The molecule has 1 aromatic carbocycles. The molecule has 1 aromatic rings. The van der Waals surface area contributed by atoms with Gasteiger partial charge in [0, 0.05) is 12.7 Å². The van der Waals surface area contributed by atoms with Crippen molar-refractivity contribution in [2.75, 3.05) is 17.8 Å². The first-order valence-electron chi connectivity index (χ1n) is 5.39. The molecule has 0 aliphatic carbocycles. The van der Waals surface area contributed by atoms with E-state index in [0.717, 1.165) is 0 Å². The highest BCUT2D eigenvalue weighted by atomic mass is 16.6. The molecule has 0 fully saturated rings. The Morgan fingerprint density at radius 3 is 2.24 bits per heavy atom. The third-order valence-electron chi connectivity index (χ3n) is 1.95. The Morgan fingerprint density at radius 2 is 1.82 bits per heavy atom. The second-order valence-corrected chi connectivity index (χ2v) is 4.63. The molecule has 1 amide bonds. The number of rotatable bonds is 2. The summed E-state index contributed by atoms with van der Waals surface area (Å²) in [6, 6.07) is 6.94. The minimum atomic E-state index is -0.528. The Morgan fingerprint density at radius 1 is 1.29 bits per heavy atom. The zero-order valence-electron chi connectivity index (χ0n) is 10.7. The molecule has 0 spiro atoms. The molecule has 94 valence electrons. The van der Waals surface area contributed by atoms with Crippen LogP contribution in [0.1, 0.15) is 20.8 Å². The molecule has 17 heavy (non-hydrogen) atoms. The largest absolute Gasteiger partial charge is 0.442 e. The van der Waals surface area contributed by atoms with Crippen LogP contribution in [0.5, 0.6) is 0 Å². The van der Waals surface area contributed by atoms with E-state index in [2.05, 4.69) is 5.43 Å². The van der Waals surface area contributed by atoms with Gasteiger partial charge in [-0.3, -0.25) is 0 Å². The van der Waals surface area contributed by atoms with Crippen molar-refractivity contribution in [1.29, 1.82) is 0 Å². The number of benzene rings is 1. The zero-order valence-corrected chi connectivity index (χ0v) is 10.7. The first kappa shape index (κ1) is 13.3. The SMILES string of the molecule is CNN(C(=O)OC(C)(C)C)c1ccc(N)cc1. The molecule has 0 radical (unpaired) electrons. The monoisotopic (exact) mass is 237 g/mol. The molecule has 5 nitrogen and oxygen atoms in total. The van der Waals surface area contributed by atoms with Gasteiger partial charge in [-0.25, -0.2) is 15.2 Å². The molecule has 0 aliphatic heterocycles. The van der Waals surface area contributed by atoms with E-state index in [1.54, 1.807) is 31.3 Å². The Balaban J connectivity index is 2.84. The lowest BCUT2D eigenvalue weighted by molar-refractivity contribution is 0.0565. The molecule has 0 saturated heterocycles. The fourth-order valence-corrected chi connectivity index (χ4v) is 1.26. The maximum atomic E-state index is 11.9. The molecule has 0 unspecified atom stereocenters. The summed E-state index contributed by atoms with van der Waals surface area (Å²) >= 11 is 0. The predicted molar refractivity (Wildman–Crippen MR) is 68.6 cm³/mol. The van der Waals surface area contributed by atoms with E-state index in [0.29, 0.717) is 11.4 Å². The summed E-state index contributed by atoms with van der Waals surface area (Å²) in [6.45, 7) is 5.46. The summed E-state index contributed by atoms with van der Waals surface area (Å²) < 4.78 is 5.27. The van der Waals surface area contributed by atoms with E-state index in [4.69, 9.17) is 10.5 Å². The van der Waals surface area contributed by atoms with Gasteiger partial charge < -0.3 is 10.5 Å². The fraction of sp³-hybridized carbons (Fsp3) is 0.417. The van der Waals surface area contributed by atoms with Crippen LogP contribution in [0.4, 0.5) is 16.2 Å². The average molecular weight is 237 g/mol. The molecule has 3 N–H and O–H groups in total. The highest BCUT2D eigenvalue weighted by Gasteiger charge is 2.22. The fourth-order valence-electron chi connectivity index (χ4n) is 1.26. The normalized spacial score (nSPS) is 11.1. The lowest BCUT2D eigenvalue weighted by Crippen LogP contribution is -2.44. The molecular weight excluding hydrogens is 218 g/mol. The topological polar surface area (TPSA) is 67.6 Å². The number of nitrogens with one attached hydrogen (secondary N) is 1. The van der Waals surface area contributed by atoms with E-state index >= 15 is 0 Å². The Hall–Kier alpha value is -1.75. The number of hydrogen-bond acceptors (Lipinski definition) is 4. The van der Waals surface area contributed by atoms with Crippen molar-refractivity contribution in [2.24, 2.45) is 0 Å². The van der Waals surface area contributed by atoms with Crippen molar-refractivity contribution in [2.45, 2.75) is 26.4 Å². The Bertz CT molecular complexity index is 382. The third-order valence-corrected chi connectivity index (χ3v) is 1.95. The van der Waals surface area contributed by atoms with E-state index < -0.39 is 11.7 Å². The maximum Gasteiger partial charge on any atom is 0.429 e. The number of nitrogen functional groups attached to an aromatic ring is 1. The third kappa shape index (κ3) is 3.96. The van der Waals surface area contributed by atoms with E-state index in [9.17, 15) is 4.79 Å². The minimum absolute atomic E-state index is 0.454. The highest BCUT2D eigenvalue weighted by molar-refractivity contribution is 5.87. The van der Waals surface area contributed by atoms with Gasteiger partial charge in [-0.15, -0.1) is 0 Å². The highest BCUT2D eigenvalue weighted by Crippen LogP contribution is 2.17. The van der Waals surface area contributed by atoms with Crippen LogP contribution < -0.4 is 16.2 Å². The molecule has 0 atom stereocenters. The van der Waals surface area contributed by atoms with E-state index in [-0.39, 0.29) is 0 Å². The molecule has 0 aliphatic rings. The van der Waals surface area contributed by atoms with E-state index in [1.165, 1.54) is 5.01 Å². The molecule has 0 bridgehead atoms. The summed E-state index contributed by atoms with van der Waals surface area (Å²) in [5.74, 6) is 0. The van der Waals surface area contributed by atoms with Crippen LogP contribution in [0.2, 0.25) is 0 Å². The zero-order chi connectivity index (χ0) is 13.1. The van der Waals surface area contributed by atoms with Gasteiger partial charge in [0.05, 0.1) is 5.69 Å². The van der Waals surface area contributed by atoms with Crippen molar-refractivity contribution in [1.82, 2.24) is 5.43 Å². The average Bonchev–Trinajstić information content (AvgIpc) is 2.19. The molecule has 5 heteroatoms. The molecule has 0 heterocycles. The van der Waals surface area contributed by atoms with Crippen LogP contribution >= 0.6 is 0 Å². The summed E-state index contributed by atoms with van der Waals surface area (Å²) in [4.78, 5) is 11.9. The van der Waals surface area contributed by atoms with E-state index in [1.807, 2.05) is 20.8 Å². The van der Waals surface area contributed by atoms with Crippen molar-refractivity contribution in [3.63, 3.8) is 0 Å². The first-order chi connectivity index (χ1) is 7.83. The summed E-state index contributed by atoms with van der Waals surface area (Å²) in [6.07, 6.45) is -0.454. The molecular formula is C12H19N3O2. The lowest BCUT2D eigenvalue weighted by atomic mass is 10.2. The molecule has 1 rings (SSSR count). The van der Waals surface area contributed by atoms with Crippen molar-refractivity contribution in [3.05, 3.63) is 24.3 Å². The summed E-state index contributed by atoms with van der Waals surface area (Å²) in [5.41, 5.74) is 9.17. The second kappa shape index (κ2) is 5.05. The standard InChI is InChI=1S/C12H19N3O2/c1-12(2,3)17-11(16)15(14-4)10-7-5-9(13)6-8-10/h5-8,14H,13H2,1-4H3. The summed E-state index contributed by atoms with van der Waals surface area (Å²) in [7, 11) is 1.65. The number of amides is 1. The molecule has 0 aromatic heterocycles. The van der Waals surface area contributed by atoms with Crippen molar-refractivity contribution < 1.29 is 9.53 Å². The maximum absolute atomic E-state index is 11.9. The van der Waals surface area contributed by atoms with Gasteiger partial charge in [0.15, 0.2) is 0 Å². The summed E-state index contributed by atoms with van der Waals surface area (Å²) in [5, 5.41) is 1.32. The Kier molecular flexibility index (Phi) is 3.96. The van der Waals surface area contributed by atoms with Crippen LogP contribution in [0.3, 0.4) is 0 Å². The number of carbonyl (C=O) groups excluding carboxylic acids is 1. The van der Waals surface area contributed by atoms with Crippen molar-refractivity contribution >= 4 is 17.5 Å². The smallest absolute Gasteiger partial charge is 0.429 e. The minimum Gasteiger partial charge on any atom is -0.442 e. The van der Waals surface area contributed by atoms with Gasteiger partial charge in [-0.2, -0.15) is 0 Å². The number of nitrogens with zero attached hydrogens (tertiary/aromatic N) is 1. The van der Waals surface area contributed by atoms with Gasteiger partial charge in [-0.05, 0) is 45.0 Å². The van der Waals surface area contributed by atoms with Gasteiger partial charge in [0.2, 0.25) is 0 Å².